The van der Waals surface area contributed by atoms with Crippen molar-refractivity contribution in [1.29, 1.82) is 0 Å². The van der Waals surface area contributed by atoms with Crippen LogP contribution in [0.25, 0.3) is 0 Å². The Morgan fingerprint density at radius 2 is 1.83 bits per heavy atom. The van der Waals surface area contributed by atoms with Crippen LogP contribution < -0.4 is 5.73 Å². The first-order valence-corrected chi connectivity index (χ1v) is 5.93. The van der Waals surface area contributed by atoms with Gasteiger partial charge in [-0.2, -0.15) is 0 Å². The van der Waals surface area contributed by atoms with Crippen molar-refractivity contribution in [1.82, 2.24) is 0 Å². The van der Waals surface area contributed by atoms with Crippen LogP contribution in [0, 0.1) is 0 Å². The SMILES string of the molecule is NC1=Nc2ccc(Cl)cc2[C@@]1(O)c1ccccc1. The fourth-order valence-corrected chi connectivity index (χ4v) is 2.40. The van der Waals surface area contributed by atoms with E-state index in [1.807, 2.05) is 30.3 Å². The fraction of sp³-hybridized carbons (Fsp3) is 0.0714. The van der Waals surface area contributed by atoms with Crippen LogP contribution in [-0.4, -0.2) is 10.9 Å². The number of hydrogen-bond acceptors (Lipinski definition) is 3. The van der Waals surface area contributed by atoms with Gasteiger partial charge in [0.2, 0.25) is 0 Å². The van der Waals surface area contributed by atoms with Crippen LogP contribution in [0.15, 0.2) is 53.5 Å². The molecule has 0 saturated heterocycles. The normalized spacial score (nSPS) is 21.6. The number of aliphatic imine (C=N–C) groups is 1. The average molecular weight is 259 g/mol. The van der Waals surface area contributed by atoms with E-state index >= 15 is 0 Å². The van der Waals surface area contributed by atoms with E-state index in [0.717, 1.165) is 0 Å². The molecule has 0 spiro atoms. The van der Waals surface area contributed by atoms with Gasteiger partial charge in [0.1, 0.15) is 5.84 Å². The maximum atomic E-state index is 10.9. The standard InChI is InChI=1S/C14H11ClN2O/c15-10-6-7-12-11(8-10)14(18,13(16)17-12)9-4-2-1-3-5-9/h1-8,18H,(H2,16,17)/t14-/m0/s1. The van der Waals surface area contributed by atoms with E-state index in [0.29, 0.717) is 21.8 Å². The molecule has 3 rings (SSSR count). The highest BCUT2D eigenvalue weighted by Gasteiger charge is 2.42. The number of aliphatic hydroxyl groups is 1. The summed E-state index contributed by atoms with van der Waals surface area (Å²) < 4.78 is 0. The maximum Gasteiger partial charge on any atom is 0.174 e. The number of fused-ring (bicyclic) bond motifs is 1. The Labute approximate surface area is 110 Å². The lowest BCUT2D eigenvalue weighted by Gasteiger charge is -2.24. The summed E-state index contributed by atoms with van der Waals surface area (Å²) in [5.41, 5.74) is 6.48. The minimum absolute atomic E-state index is 0.172. The van der Waals surface area contributed by atoms with Gasteiger partial charge in [0, 0.05) is 10.6 Å². The zero-order valence-corrected chi connectivity index (χ0v) is 10.2. The minimum atomic E-state index is -1.39. The fourth-order valence-electron chi connectivity index (χ4n) is 2.23. The number of nitrogens with two attached hydrogens (primary N) is 1. The van der Waals surface area contributed by atoms with E-state index in [2.05, 4.69) is 4.99 Å². The average Bonchev–Trinajstić information content (AvgIpc) is 2.64. The largest absolute Gasteiger partial charge is 0.384 e. The van der Waals surface area contributed by atoms with Crippen LogP contribution in [-0.2, 0) is 5.60 Å². The smallest absolute Gasteiger partial charge is 0.174 e. The number of benzene rings is 2. The van der Waals surface area contributed by atoms with Gasteiger partial charge in [-0.1, -0.05) is 41.9 Å². The van der Waals surface area contributed by atoms with Crippen LogP contribution in [0.1, 0.15) is 11.1 Å². The molecule has 0 fully saturated rings. The molecular weight excluding hydrogens is 248 g/mol. The maximum absolute atomic E-state index is 10.9. The molecule has 0 radical (unpaired) electrons. The Bertz CT molecular complexity index is 639. The molecule has 3 nitrogen and oxygen atoms in total. The van der Waals surface area contributed by atoms with E-state index in [1.54, 1.807) is 18.2 Å². The van der Waals surface area contributed by atoms with Crippen molar-refractivity contribution in [3.8, 4) is 0 Å². The summed E-state index contributed by atoms with van der Waals surface area (Å²) >= 11 is 5.98. The molecule has 4 heteroatoms. The van der Waals surface area contributed by atoms with Gasteiger partial charge in [-0.25, -0.2) is 4.99 Å². The van der Waals surface area contributed by atoms with Crippen LogP contribution in [0.5, 0.6) is 0 Å². The summed E-state index contributed by atoms with van der Waals surface area (Å²) in [6, 6.07) is 14.4. The first kappa shape index (κ1) is 11.3. The highest BCUT2D eigenvalue weighted by Crippen LogP contribution is 2.42. The van der Waals surface area contributed by atoms with Crippen molar-refractivity contribution < 1.29 is 5.11 Å². The molecular formula is C14H11ClN2O. The van der Waals surface area contributed by atoms with Gasteiger partial charge < -0.3 is 10.8 Å². The van der Waals surface area contributed by atoms with E-state index in [4.69, 9.17) is 17.3 Å². The van der Waals surface area contributed by atoms with Crippen LogP contribution in [0.2, 0.25) is 5.02 Å². The van der Waals surface area contributed by atoms with E-state index in [1.165, 1.54) is 0 Å². The second-order valence-electron chi connectivity index (χ2n) is 4.23. The summed E-state index contributed by atoms with van der Waals surface area (Å²) in [4.78, 5) is 4.21. The zero-order chi connectivity index (χ0) is 12.8. The minimum Gasteiger partial charge on any atom is -0.384 e. The predicted molar refractivity (Wildman–Crippen MR) is 72.2 cm³/mol. The van der Waals surface area contributed by atoms with Crippen molar-refractivity contribution in [2.45, 2.75) is 5.60 Å². The number of nitrogens with zero attached hydrogens (tertiary/aromatic N) is 1. The van der Waals surface area contributed by atoms with E-state index in [-0.39, 0.29) is 5.84 Å². The van der Waals surface area contributed by atoms with E-state index in [9.17, 15) is 5.11 Å². The third-order valence-corrected chi connectivity index (χ3v) is 3.39. The summed E-state index contributed by atoms with van der Waals surface area (Å²) in [5, 5.41) is 11.4. The molecule has 90 valence electrons. The molecule has 18 heavy (non-hydrogen) atoms. The van der Waals surface area contributed by atoms with Crippen molar-refractivity contribution in [3.63, 3.8) is 0 Å². The molecule has 0 unspecified atom stereocenters. The Morgan fingerprint density at radius 1 is 1.11 bits per heavy atom. The molecule has 0 amide bonds. The van der Waals surface area contributed by atoms with E-state index < -0.39 is 5.60 Å². The number of rotatable bonds is 1. The summed E-state index contributed by atoms with van der Waals surface area (Å²) in [6.07, 6.45) is 0. The van der Waals surface area contributed by atoms with Crippen molar-refractivity contribution in [3.05, 3.63) is 64.7 Å². The number of amidine groups is 1. The second-order valence-corrected chi connectivity index (χ2v) is 4.67. The van der Waals surface area contributed by atoms with Gasteiger partial charge in [0.15, 0.2) is 5.60 Å². The summed E-state index contributed by atoms with van der Waals surface area (Å²) in [7, 11) is 0. The third-order valence-electron chi connectivity index (χ3n) is 3.15. The first-order chi connectivity index (χ1) is 8.62. The Kier molecular flexibility index (Phi) is 2.40. The van der Waals surface area contributed by atoms with Crippen LogP contribution in [0.4, 0.5) is 5.69 Å². The van der Waals surface area contributed by atoms with Crippen molar-refractivity contribution >= 4 is 23.1 Å². The Morgan fingerprint density at radius 3 is 2.56 bits per heavy atom. The molecule has 1 heterocycles. The van der Waals surface area contributed by atoms with Gasteiger partial charge in [0.05, 0.1) is 5.69 Å². The monoisotopic (exact) mass is 258 g/mol. The molecule has 3 N–H and O–H groups in total. The van der Waals surface area contributed by atoms with Gasteiger partial charge in [-0.05, 0) is 23.8 Å². The van der Waals surface area contributed by atoms with Gasteiger partial charge in [-0.3, -0.25) is 0 Å². The zero-order valence-electron chi connectivity index (χ0n) is 9.47. The van der Waals surface area contributed by atoms with Gasteiger partial charge in [-0.15, -0.1) is 0 Å². The van der Waals surface area contributed by atoms with Crippen molar-refractivity contribution in [2.75, 3.05) is 0 Å². The molecule has 1 atom stereocenters. The molecule has 0 bridgehead atoms. The molecule has 0 aliphatic carbocycles. The predicted octanol–water partition coefficient (Wildman–Crippen LogP) is 2.58. The van der Waals surface area contributed by atoms with Crippen molar-refractivity contribution in [2.24, 2.45) is 10.7 Å². The highest BCUT2D eigenvalue weighted by molar-refractivity contribution is 6.30. The molecule has 1 aliphatic heterocycles. The second kappa shape index (κ2) is 3.83. The lowest BCUT2D eigenvalue weighted by atomic mass is 9.86. The first-order valence-electron chi connectivity index (χ1n) is 5.55. The quantitative estimate of drug-likeness (QED) is 0.826. The Balaban J connectivity index is 2.26. The molecule has 0 saturated carbocycles. The molecule has 2 aromatic rings. The highest BCUT2D eigenvalue weighted by atomic mass is 35.5. The van der Waals surface area contributed by atoms with Gasteiger partial charge >= 0.3 is 0 Å². The van der Waals surface area contributed by atoms with Crippen LogP contribution >= 0.6 is 11.6 Å². The number of halogens is 1. The van der Waals surface area contributed by atoms with Gasteiger partial charge in [0.25, 0.3) is 0 Å². The van der Waals surface area contributed by atoms with Crippen LogP contribution in [0.3, 0.4) is 0 Å². The third kappa shape index (κ3) is 1.45. The lowest BCUT2D eigenvalue weighted by molar-refractivity contribution is 0.158. The molecule has 0 aromatic heterocycles. The summed E-state index contributed by atoms with van der Waals surface area (Å²) in [6.45, 7) is 0. The molecule has 2 aromatic carbocycles. The summed E-state index contributed by atoms with van der Waals surface area (Å²) in [5.74, 6) is 0.172. The lowest BCUT2D eigenvalue weighted by Crippen LogP contribution is -2.39. The molecule has 1 aliphatic rings. The topological polar surface area (TPSA) is 58.6 Å². The Hall–Kier alpha value is -1.84. The number of hydrogen-bond donors (Lipinski definition) is 2.